The first kappa shape index (κ1) is 12.6. The molecule has 1 unspecified atom stereocenters. The van der Waals surface area contributed by atoms with Gasteiger partial charge in [-0.2, -0.15) is 0 Å². The lowest BCUT2D eigenvalue weighted by atomic mass is 10.2. The fourth-order valence-corrected chi connectivity index (χ4v) is 2.30. The van der Waals surface area contributed by atoms with E-state index in [2.05, 4.69) is 15.3 Å². The molecule has 0 aromatic carbocycles. The van der Waals surface area contributed by atoms with Crippen LogP contribution in [0, 0.1) is 10.1 Å². The molecule has 7 nitrogen and oxygen atoms in total. The number of halogens is 1. The molecule has 2 heterocycles. The molecule has 0 bridgehead atoms. The van der Waals surface area contributed by atoms with Crippen LogP contribution in [0.3, 0.4) is 0 Å². The van der Waals surface area contributed by atoms with Gasteiger partial charge < -0.3 is 10.1 Å². The van der Waals surface area contributed by atoms with Gasteiger partial charge in [0.25, 0.3) is 0 Å². The summed E-state index contributed by atoms with van der Waals surface area (Å²) in [7, 11) is 0. The Hall–Kier alpha value is -1.47. The number of hydrogen-bond donors (Lipinski definition) is 1. The third kappa shape index (κ3) is 2.62. The molecule has 1 aliphatic carbocycles. The first-order chi connectivity index (χ1) is 9.15. The number of nitrogens with zero attached hydrogens (tertiary/aromatic N) is 3. The zero-order chi connectivity index (χ0) is 13.4. The van der Waals surface area contributed by atoms with Gasteiger partial charge in [0.2, 0.25) is 11.0 Å². The normalized spacial score (nSPS) is 22.5. The molecule has 0 amide bonds. The summed E-state index contributed by atoms with van der Waals surface area (Å²) in [4.78, 5) is 18.8. The third-order valence-electron chi connectivity index (χ3n) is 3.18. The molecule has 19 heavy (non-hydrogen) atoms. The summed E-state index contributed by atoms with van der Waals surface area (Å²) < 4.78 is 5.49. The number of nitro groups is 1. The van der Waals surface area contributed by atoms with E-state index in [9.17, 15) is 10.1 Å². The minimum Gasteiger partial charge on any atom is -0.370 e. The van der Waals surface area contributed by atoms with E-state index in [-0.39, 0.29) is 28.8 Å². The lowest BCUT2D eigenvalue weighted by Gasteiger charge is -2.11. The van der Waals surface area contributed by atoms with Crippen LogP contribution in [-0.4, -0.2) is 27.5 Å². The first-order valence-corrected chi connectivity index (χ1v) is 6.63. The minimum atomic E-state index is -0.549. The van der Waals surface area contributed by atoms with Crippen LogP contribution in [0.1, 0.15) is 37.6 Å². The fourth-order valence-electron chi connectivity index (χ4n) is 2.05. The minimum absolute atomic E-state index is 0.131. The Kier molecular flexibility index (Phi) is 3.24. The zero-order valence-electron chi connectivity index (χ0n) is 10.1. The number of nitrogens with one attached hydrogen (secondary N) is 1. The highest BCUT2D eigenvalue weighted by atomic mass is 35.5. The van der Waals surface area contributed by atoms with E-state index in [1.165, 1.54) is 0 Å². The summed E-state index contributed by atoms with van der Waals surface area (Å²) in [5.41, 5.74) is -0.254. The Bertz CT molecular complexity index is 515. The molecule has 1 saturated carbocycles. The summed E-state index contributed by atoms with van der Waals surface area (Å²) in [5.74, 6) is 0.634. The smallest absolute Gasteiger partial charge is 0.348 e. The molecule has 1 aliphatic heterocycles. The summed E-state index contributed by atoms with van der Waals surface area (Å²) in [6.07, 6.45) is 3.53. The van der Waals surface area contributed by atoms with Gasteiger partial charge in [0.05, 0.1) is 4.92 Å². The summed E-state index contributed by atoms with van der Waals surface area (Å²) >= 11 is 5.92. The van der Waals surface area contributed by atoms with Crippen molar-refractivity contribution in [3.8, 4) is 0 Å². The van der Waals surface area contributed by atoms with E-state index >= 15 is 0 Å². The van der Waals surface area contributed by atoms with Crippen molar-refractivity contribution in [1.82, 2.24) is 9.97 Å². The topological polar surface area (TPSA) is 90.2 Å². The maximum atomic E-state index is 11.0. The number of anilines is 1. The van der Waals surface area contributed by atoms with Crippen molar-refractivity contribution in [1.29, 1.82) is 0 Å². The number of aromatic nitrogens is 2. The maximum absolute atomic E-state index is 11.0. The summed E-state index contributed by atoms with van der Waals surface area (Å²) in [5, 5.41) is 14.0. The van der Waals surface area contributed by atoms with Crippen LogP contribution in [0.15, 0.2) is 0 Å². The van der Waals surface area contributed by atoms with Crippen LogP contribution in [0.5, 0.6) is 0 Å². The van der Waals surface area contributed by atoms with Gasteiger partial charge in [-0.3, -0.25) is 10.1 Å². The molecule has 102 valence electrons. The van der Waals surface area contributed by atoms with Gasteiger partial charge in [-0.1, -0.05) is 11.6 Å². The second kappa shape index (κ2) is 4.90. The molecule has 1 atom stereocenters. The van der Waals surface area contributed by atoms with E-state index in [1.54, 1.807) is 0 Å². The van der Waals surface area contributed by atoms with Gasteiger partial charge in [0.1, 0.15) is 6.10 Å². The number of ether oxygens (including phenoxy) is 1. The van der Waals surface area contributed by atoms with Crippen molar-refractivity contribution in [2.45, 2.75) is 37.8 Å². The van der Waals surface area contributed by atoms with Crippen molar-refractivity contribution < 1.29 is 9.66 Å². The first-order valence-electron chi connectivity index (χ1n) is 6.25. The average Bonchev–Trinajstić information content (AvgIpc) is 2.99. The quantitative estimate of drug-likeness (QED) is 0.519. The molecule has 1 aromatic rings. The molecular formula is C11H13ClN4O3. The Morgan fingerprint density at radius 2 is 2.16 bits per heavy atom. The van der Waals surface area contributed by atoms with Crippen LogP contribution in [0.2, 0.25) is 5.15 Å². The van der Waals surface area contributed by atoms with Gasteiger partial charge in [-0.25, -0.2) is 9.97 Å². The molecule has 1 N–H and O–H groups in total. The van der Waals surface area contributed by atoms with Gasteiger partial charge in [0, 0.05) is 12.6 Å². The standard InChI is InChI=1S/C11H13ClN4O3/c12-9-8(16(17)18)11(13-6-3-4-6)15-10(14-9)7-2-1-5-19-7/h6-7H,1-5H2,(H,13,14,15). The van der Waals surface area contributed by atoms with Crippen LogP contribution in [0.4, 0.5) is 11.5 Å². The van der Waals surface area contributed by atoms with Gasteiger partial charge in [0.15, 0.2) is 5.82 Å². The lowest BCUT2D eigenvalue weighted by molar-refractivity contribution is -0.384. The zero-order valence-corrected chi connectivity index (χ0v) is 10.9. The molecule has 2 aliphatic rings. The van der Waals surface area contributed by atoms with E-state index in [0.29, 0.717) is 12.4 Å². The molecule has 2 fully saturated rings. The highest BCUT2D eigenvalue weighted by Gasteiger charge is 2.31. The number of hydrogen-bond acceptors (Lipinski definition) is 6. The Morgan fingerprint density at radius 1 is 1.37 bits per heavy atom. The lowest BCUT2D eigenvalue weighted by Crippen LogP contribution is -2.12. The van der Waals surface area contributed by atoms with Crippen molar-refractivity contribution in [2.75, 3.05) is 11.9 Å². The Balaban J connectivity index is 1.98. The molecule has 0 radical (unpaired) electrons. The van der Waals surface area contributed by atoms with Gasteiger partial charge in [-0.05, 0) is 25.7 Å². The maximum Gasteiger partial charge on any atom is 0.348 e. The largest absolute Gasteiger partial charge is 0.370 e. The molecule has 0 spiro atoms. The van der Waals surface area contributed by atoms with E-state index in [4.69, 9.17) is 16.3 Å². The van der Waals surface area contributed by atoms with Gasteiger partial charge >= 0.3 is 5.69 Å². The van der Waals surface area contributed by atoms with Crippen LogP contribution >= 0.6 is 11.6 Å². The molecule has 8 heteroatoms. The van der Waals surface area contributed by atoms with E-state index < -0.39 is 4.92 Å². The summed E-state index contributed by atoms with van der Waals surface area (Å²) in [6, 6.07) is 0.252. The number of rotatable bonds is 4. The third-order valence-corrected chi connectivity index (χ3v) is 3.44. The SMILES string of the molecule is O=[N+]([O-])c1c(Cl)nc(C2CCCO2)nc1NC1CC1. The Labute approximate surface area is 114 Å². The fraction of sp³-hybridized carbons (Fsp3) is 0.636. The second-order valence-corrected chi connectivity index (χ2v) is 5.11. The van der Waals surface area contributed by atoms with Crippen molar-refractivity contribution >= 4 is 23.1 Å². The molecular weight excluding hydrogens is 272 g/mol. The summed E-state index contributed by atoms with van der Waals surface area (Å²) in [6.45, 7) is 0.661. The predicted octanol–water partition coefficient (Wildman–Crippen LogP) is 2.46. The van der Waals surface area contributed by atoms with Crippen LogP contribution < -0.4 is 5.32 Å². The monoisotopic (exact) mass is 284 g/mol. The van der Waals surface area contributed by atoms with Crippen molar-refractivity contribution in [3.63, 3.8) is 0 Å². The van der Waals surface area contributed by atoms with E-state index in [0.717, 1.165) is 25.7 Å². The van der Waals surface area contributed by atoms with Gasteiger partial charge in [-0.15, -0.1) is 0 Å². The predicted molar refractivity (Wildman–Crippen MR) is 68.3 cm³/mol. The highest BCUT2D eigenvalue weighted by molar-refractivity contribution is 6.31. The second-order valence-electron chi connectivity index (χ2n) is 4.75. The van der Waals surface area contributed by atoms with Crippen LogP contribution in [-0.2, 0) is 4.74 Å². The molecule has 1 aromatic heterocycles. The van der Waals surface area contributed by atoms with Crippen molar-refractivity contribution in [3.05, 3.63) is 21.1 Å². The van der Waals surface area contributed by atoms with Crippen LogP contribution in [0.25, 0.3) is 0 Å². The highest BCUT2D eigenvalue weighted by Crippen LogP contribution is 2.36. The van der Waals surface area contributed by atoms with E-state index in [1.807, 2.05) is 0 Å². The van der Waals surface area contributed by atoms with Crippen molar-refractivity contribution in [2.24, 2.45) is 0 Å². The Morgan fingerprint density at radius 3 is 2.74 bits per heavy atom. The average molecular weight is 285 g/mol. The molecule has 1 saturated heterocycles. The molecule has 3 rings (SSSR count).